The summed E-state index contributed by atoms with van der Waals surface area (Å²) in [5.41, 5.74) is 1.10. The van der Waals surface area contributed by atoms with Gasteiger partial charge in [0.15, 0.2) is 5.17 Å². The van der Waals surface area contributed by atoms with Crippen molar-refractivity contribution in [1.29, 1.82) is 0 Å². The molecule has 0 aliphatic carbocycles. The number of nitrogens with zero attached hydrogens (tertiary/aromatic N) is 3. The maximum atomic E-state index is 13.0. The standard InChI is InChI=1S/C21H21N3O5S/c1-3-29-12-11-23-20(25)19(30-21(23)22-16-7-5-4-6-8-16)14-15-13-17(24(26)27)9-10-18(15)28-2/h4-10,13-14H,3,11-12H2,1-2H3/b19-14-,22-21?. The van der Waals surface area contributed by atoms with Crippen molar-refractivity contribution in [2.45, 2.75) is 6.92 Å². The van der Waals surface area contributed by atoms with Crippen molar-refractivity contribution in [3.63, 3.8) is 0 Å². The molecule has 0 atom stereocenters. The number of benzene rings is 2. The van der Waals surface area contributed by atoms with Gasteiger partial charge in [0.1, 0.15) is 5.75 Å². The van der Waals surface area contributed by atoms with E-state index in [1.807, 2.05) is 37.3 Å². The fraction of sp³-hybridized carbons (Fsp3) is 0.238. The highest BCUT2D eigenvalue weighted by Crippen LogP contribution is 2.36. The lowest BCUT2D eigenvalue weighted by molar-refractivity contribution is -0.384. The number of non-ortho nitro benzene ring substituents is 1. The zero-order chi connectivity index (χ0) is 21.5. The summed E-state index contributed by atoms with van der Waals surface area (Å²) in [7, 11) is 1.48. The smallest absolute Gasteiger partial charge is 0.270 e. The summed E-state index contributed by atoms with van der Waals surface area (Å²) in [6, 6.07) is 13.6. The van der Waals surface area contributed by atoms with E-state index in [0.717, 1.165) is 5.69 Å². The third-order valence-corrected chi connectivity index (χ3v) is 5.25. The monoisotopic (exact) mass is 427 g/mol. The first-order valence-corrected chi connectivity index (χ1v) is 10.1. The highest BCUT2D eigenvalue weighted by molar-refractivity contribution is 8.18. The van der Waals surface area contributed by atoms with Crippen LogP contribution in [0.15, 0.2) is 58.4 Å². The lowest BCUT2D eigenvalue weighted by atomic mass is 10.1. The first-order chi connectivity index (χ1) is 14.5. The number of methoxy groups -OCH3 is 1. The number of nitro groups is 1. The summed E-state index contributed by atoms with van der Waals surface area (Å²) in [6.45, 7) is 3.17. The Labute approximate surface area is 178 Å². The molecule has 0 bridgehead atoms. The fourth-order valence-corrected chi connectivity index (χ4v) is 3.81. The number of carbonyl (C=O) groups excluding carboxylic acids is 1. The van der Waals surface area contributed by atoms with Crippen LogP contribution in [0.25, 0.3) is 6.08 Å². The second-order valence-corrected chi connectivity index (χ2v) is 7.19. The largest absolute Gasteiger partial charge is 0.496 e. The Kier molecular flexibility index (Phi) is 7.21. The van der Waals surface area contributed by atoms with E-state index < -0.39 is 4.92 Å². The number of ether oxygens (including phenoxy) is 2. The van der Waals surface area contributed by atoms with Gasteiger partial charge in [0.25, 0.3) is 11.6 Å². The van der Waals surface area contributed by atoms with Crippen LogP contribution in [0.5, 0.6) is 5.75 Å². The lowest BCUT2D eigenvalue weighted by Crippen LogP contribution is -2.32. The molecule has 0 aromatic heterocycles. The Morgan fingerprint density at radius 1 is 1.23 bits per heavy atom. The number of hydrogen-bond donors (Lipinski definition) is 0. The van der Waals surface area contributed by atoms with Gasteiger partial charge in [-0.15, -0.1) is 0 Å². The van der Waals surface area contributed by atoms with Gasteiger partial charge in [-0.1, -0.05) is 18.2 Å². The number of hydrogen-bond acceptors (Lipinski definition) is 7. The maximum Gasteiger partial charge on any atom is 0.270 e. The second kappa shape index (κ2) is 10.0. The summed E-state index contributed by atoms with van der Waals surface area (Å²) in [5, 5.41) is 11.7. The molecule has 156 valence electrons. The molecule has 1 aliphatic rings. The van der Waals surface area contributed by atoms with Gasteiger partial charge in [0.05, 0.1) is 35.8 Å². The van der Waals surface area contributed by atoms with E-state index in [0.29, 0.717) is 41.1 Å². The summed E-state index contributed by atoms with van der Waals surface area (Å²) in [5.74, 6) is 0.207. The van der Waals surface area contributed by atoms with E-state index in [1.54, 1.807) is 11.0 Å². The van der Waals surface area contributed by atoms with Crippen LogP contribution in [0.2, 0.25) is 0 Å². The molecule has 1 fully saturated rings. The number of rotatable bonds is 8. The van der Waals surface area contributed by atoms with Gasteiger partial charge in [-0.25, -0.2) is 4.99 Å². The minimum atomic E-state index is -0.484. The Balaban J connectivity index is 1.97. The molecule has 1 saturated heterocycles. The number of carbonyl (C=O) groups is 1. The summed E-state index contributed by atoms with van der Waals surface area (Å²) in [6.07, 6.45) is 1.60. The van der Waals surface area contributed by atoms with Gasteiger partial charge in [-0.3, -0.25) is 19.8 Å². The molecule has 0 saturated carbocycles. The molecule has 2 aromatic rings. The Hall–Kier alpha value is -3.17. The molecule has 30 heavy (non-hydrogen) atoms. The first-order valence-electron chi connectivity index (χ1n) is 9.28. The Bertz CT molecular complexity index is 991. The van der Waals surface area contributed by atoms with Crippen LogP contribution in [0.1, 0.15) is 12.5 Å². The molecule has 0 radical (unpaired) electrons. The third kappa shape index (κ3) is 5.05. The van der Waals surface area contributed by atoms with Gasteiger partial charge in [0.2, 0.25) is 0 Å². The van der Waals surface area contributed by atoms with Gasteiger partial charge in [-0.05, 0) is 43.0 Å². The van der Waals surface area contributed by atoms with E-state index in [9.17, 15) is 14.9 Å². The van der Waals surface area contributed by atoms with Gasteiger partial charge in [-0.2, -0.15) is 0 Å². The Morgan fingerprint density at radius 2 is 2.00 bits per heavy atom. The van der Waals surface area contributed by atoms with Gasteiger partial charge < -0.3 is 9.47 Å². The van der Waals surface area contributed by atoms with E-state index in [4.69, 9.17) is 9.47 Å². The highest BCUT2D eigenvalue weighted by atomic mass is 32.2. The van der Waals surface area contributed by atoms with Crippen LogP contribution < -0.4 is 4.74 Å². The van der Waals surface area contributed by atoms with Crippen molar-refractivity contribution in [3.05, 3.63) is 69.1 Å². The predicted molar refractivity (Wildman–Crippen MR) is 117 cm³/mol. The molecule has 9 heteroatoms. The van der Waals surface area contributed by atoms with Gasteiger partial charge in [0, 0.05) is 24.3 Å². The molecule has 3 rings (SSSR count). The maximum absolute atomic E-state index is 13.0. The molecular formula is C21H21N3O5S. The molecule has 8 nitrogen and oxygen atoms in total. The average Bonchev–Trinajstić information content (AvgIpc) is 3.03. The van der Waals surface area contributed by atoms with Crippen LogP contribution >= 0.6 is 11.8 Å². The quantitative estimate of drug-likeness (QED) is 0.271. The number of nitro benzene ring substituents is 1. The highest BCUT2D eigenvalue weighted by Gasteiger charge is 2.33. The molecule has 1 aliphatic heterocycles. The van der Waals surface area contributed by atoms with Crippen molar-refractivity contribution in [2.75, 3.05) is 26.9 Å². The van der Waals surface area contributed by atoms with Crippen molar-refractivity contribution in [3.8, 4) is 5.75 Å². The second-order valence-electron chi connectivity index (χ2n) is 6.18. The normalized spacial score (nSPS) is 16.5. The van der Waals surface area contributed by atoms with Crippen LogP contribution in [-0.4, -0.2) is 47.8 Å². The van der Waals surface area contributed by atoms with Crippen LogP contribution in [-0.2, 0) is 9.53 Å². The minimum Gasteiger partial charge on any atom is -0.496 e. The summed E-state index contributed by atoms with van der Waals surface area (Å²) >= 11 is 1.21. The molecule has 0 spiro atoms. The van der Waals surface area contributed by atoms with Crippen molar-refractivity contribution >= 4 is 40.3 Å². The van der Waals surface area contributed by atoms with E-state index in [1.165, 1.54) is 37.1 Å². The number of thioether (sulfide) groups is 1. The summed E-state index contributed by atoms with van der Waals surface area (Å²) < 4.78 is 10.7. The topological polar surface area (TPSA) is 94.3 Å². The Morgan fingerprint density at radius 3 is 2.67 bits per heavy atom. The SMILES string of the molecule is CCOCCN1C(=O)/C(=C/c2cc([N+](=O)[O-])ccc2OC)SC1=Nc1ccccc1. The van der Waals surface area contributed by atoms with Crippen LogP contribution in [0.4, 0.5) is 11.4 Å². The number of para-hydroxylation sites is 1. The van der Waals surface area contributed by atoms with Gasteiger partial charge >= 0.3 is 0 Å². The fourth-order valence-electron chi connectivity index (χ4n) is 2.79. The van der Waals surface area contributed by atoms with Crippen molar-refractivity contribution in [1.82, 2.24) is 4.90 Å². The molecular weight excluding hydrogens is 406 g/mol. The number of aliphatic imine (C=N–C) groups is 1. The van der Waals surface area contributed by atoms with Crippen LogP contribution in [0, 0.1) is 10.1 Å². The average molecular weight is 427 g/mol. The van der Waals surface area contributed by atoms with Crippen molar-refractivity contribution in [2.24, 2.45) is 4.99 Å². The molecule has 2 aromatic carbocycles. The zero-order valence-electron chi connectivity index (χ0n) is 16.6. The van der Waals surface area contributed by atoms with E-state index in [-0.39, 0.29) is 11.6 Å². The molecule has 0 unspecified atom stereocenters. The number of amides is 1. The molecule has 0 N–H and O–H groups in total. The van der Waals surface area contributed by atoms with Crippen LogP contribution in [0.3, 0.4) is 0 Å². The molecule has 1 amide bonds. The minimum absolute atomic E-state index is 0.0792. The van der Waals surface area contributed by atoms with E-state index in [2.05, 4.69) is 4.99 Å². The third-order valence-electron chi connectivity index (χ3n) is 4.24. The number of amidine groups is 1. The first kappa shape index (κ1) is 21.5. The summed E-state index contributed by atoms with van der Waals surface area (Å²) in [4.78, 5) is 30.3. The molecule has 1 heterocycles. The predicted octanol–water partition coefficient (Wildman–Crippen LogP) is 4.24. The van der Waals surface area contributed by atoms with Crippen molar-refractivity contribution < 1.29 is 19.2 Å². The van der Waals surface area contributed by atoms with E-state index >= 15 is 0 Å². The lowest BCUT2D eigenvalue weighted by Gasteiger charge is -2.15. The zero-order valence-corrected chi connectivity index (χ0v) is 17.4.